The van der Waals surface area contributed by atoms with E-state index in [2.05, 4.69) is 25.1 Å². The van der Waals surface area contributed by atoms with Gasteiger partial charge < -0.3 is 14.9 Å². The Morgan fingerprint density at radius 2 is 2.04 bits per heavy atom. The lowest BCUT2D eigenvalue weighted by atomic mass is 10.1. The Kier molecular flexibility index (Phi) is 4.95. The predicted octanol–water partition coefficient (Wildman–Crippen LogP) is 1.95. The van der Waals surface area contributed by atoms with Gasteiger partial charge in [0.15, 0.2) is 0 Å². The molecule has 3 rings (SSSR count). The van der Waals surface area contributed by atoms with E-state index in [-0.39, 0.29) is 23.5 Å². The number of hydrogen-bond donors (Lipinski definition) is 2. The molecule has 2 heterocycles. The van der Waals surface area contributed by atoms with Gasteiger partial charge in [-0.25, -0.2) is 0 Å². The molecule has 0 saturated heterocycles. The lowest BCUT2D eigenvalue weighted by Gasteiger charge is -2.10. The molecule has 3 aromatic rings. The monoisotopic (exact) mass is 381 g/mol. The van der Waals surface area contributed by atoms with Gasteiger partial charge >= 0.3 is 12.1 Å². The van der Waals surface area contributed by atoms with Gasteiger partial charge in [-0.05, 0) is 12.1 Å². The van der Waals surface area contributed by atoms with Crippen LogP contribution >= 0.6 is 0 Å². The second-order valence-electron chi connectivity index (χ2n) is 5.67. The Bertz CT molecular complexity index is 933. The second-order valence-corrected chi connectivity index (χ2v) is 5.67. The molecule has 1 amide bonds. The minimum Gasteiger partial charge on any atom is -0.386 e. The molecule has 142 valence electrons. The molecule has 0 aliphatic rings. The number of carbonyl (C=O) groups excluding carboxylic acids is 1. The smallest absolute Gasteiger partial charge is 0.386 e. The van der Waals surface area contributed by atoms with Crippen molar-refractivity contribution in [2.75, 3.05) is 6.54 Å². The first-order valence-corrected chi connectivity index (χ1v) is 7.70. The SMILES string of the molecule is Cn1cc([C@H](O)CNC(=O)c2ccc(-c3noc(C(F)(F)F)n3)cc2)cn1. The van der Waals surface area contributed by atoms with E-state index in [0.29, 0.717) is 5.56 Å². The first-order chi connectivity index (χ1) is 12.7. The average molecular weight is 381 g/mol. The quantitative estimate of drug-likeness (QED) is 0.700. The largest absolute Gasteiger partial charge is 0.471 e. The van der Waals surface area contributed by atoms with Gasteiger partial charge in [0.05, 0.1) is 12.3 Å². The van der Waals surface area contributed by atoms with Crippen molar-refractivity contribution in [3.8, 4) is 11.4 Å². The molecule has 8 nitrogen and oxygen atoms in total. The number of alkyl halides is 3. The number of carbonyl (C=O) groups is 1. The Balaban J connectivity index is 1.62. The minimum atomic E-state index is -4.72. The summed E-state index contributed by atoms with van der Waals surface area (Å²) in [5.41, 5.74) is 1.09. The lowest BCUT2D eigenvalue weighted by molar-refractivity contribution is -0.159. The summed E-state index contributed by atoms with van der Waals surface area (Å²) in [6, 6.07) is 5.62. The van der Waals surface area contributed by atoms with Crippen LogP contribution in [0.5, 0.6) is 0 Å². The summed E-state index contributed by atoms with van der Waals surface area (Å²) < 4.78 is 43.2. The molecule has 0 aliphatic heterocycles. The van der Waals surface area contributed by atoms with E-state index in [1.54, 1.807) is 13.2 Å². The van der Waals surface area contributed by atoms with Gasteiger partial charge in [-0.1, -0.05) is 17.3 Å². The fourth-order valence-corrected chi connectivity index (χ4v) is 2.25. The average Bonchev–Trinajstić information content (AvgIpc) is 3.28. The third-order valence-corrected chi connectivity index (χ3v) is 3.64. The van der Waals surface area contributed by atoms with Crippen LogP contribution in [0.25, 0.3) is 11.4 Å². The van der Waals surface area contributed by atoms with Crippen molar-refractivity contribution < 1.29 is 27.6 Å². The highest BCUT2D eigenvalue weighted by Gasteiger charge is 2.38. The normalized spacial score (nSPS) is 12.8. The van der Waals surface area contributed by atoms with Crippen LogP contribution in [0.4, 0.5) is 13.2 Å². The number of rotatable bonds is 5. The number of aliphatic hydroxyl groups is 1. The Morgan fingerprint density at radius 3 is 2.59 bits per heavy atom. The first kappa shape index (κ1) is 18.6. The maximum atomic E-state index is 12.5. The molecule has 0 radical (unpaired) electrons. The highest BCUT2D eigenvalue weighted by atomic mass is 19.4. The van der Waals surface area contributed by atoms with E-state index in [1.807, 2.05) is 0 Å². The number of hydrogen-bond acceptors (Lipinski definition) is 6. The molecule has 11 heteroatoms. The third-order valence-electron chi connectivity index (χ3n) is 3.64. The number of nitrogens with one attached hydrogen (secondary N) is 1. The molecule has 0 saturated carbocycles. The second kappa shape index (κ2) is 7.19. The summed E-state index contributed by atoms with van der Waals surface area (Å²) in [6.07, 6.45) is -2.51. The van der Waals surface area contributed by atoms with E-state index in [0.717, 1.165) is 0 Å². The molecule has 1 atom stereocenters. The molecule has 0 bridgehead atoms. The molecule has 2 N–H and O–H groups in total. The fraction of sp³-hybridized carbons (Fsp3) is 0.250. The first-order valence-electron chi connectivity index (χ1n) is 7.70. The van der Waals surface area contributed by atoms with Gasteiger partial charge in [0.2, 0.25) is 5.82 Å². The van der Waals surface area contributed by atoms with Gasteiger partial charge in [-0.2, -0.15) is 23.3 Å². The van der Waals surface area contributed by atoms with Crippen LogP contribution in [0.1, 0.15) is 27.9 Å². The van der Waals surface area contributed by atoms with Crippen molar-refractivity contribution >= 4 is 5.91 Å². The Labute approximate surface area is 150 Å². The van der Waals surface area contributed by atoms with E-state index < -0.39 is 24.1 Å². The summed E-state index contributed by atoms with van der Waals surface area (Å²) >= 11 is 0. The van der Waals surface area contributed by atoms with Crippen LogP contribution in [0.15, 0.2) is 41.2 Å². The van der Waals surface area contributed by atoms with Gasteiger partial charge in [0.1, 0.15) is 0 Å². The molecule has 0 fully saturated rings. The number of aromatic nitrogens is 4. The van der Waals surface area contributed by atoms with Crippen molar-refractivity contribution in [1.82, 2.24) is 25.2 Å². The van der Waals surface area contributed by atoms with Crippen molar-refractivity contribution in [2.45, 2.75) is 12.3 Å². The fourth-order valence-electron chi connectivity index (χ4n) is 2.25. The van der Waals surface area contributed by atoms with Crippen LogP contribution in [-0.4, -0.2) is 37.5 Å². The van der Waals surface area contributed by atoms with Crippen molar-refractivity contribution in [1.29, 1.82) is 0 Å². The molecule has 27 heavy (non-hydrogen) atoms. The molecule has 0 unspecified atom stereocenters. The van der Waals surface area contributed by atoms with Crippen molar-refractivity contribution in [3.63, 3.8) is 0 Å². The summed E-state index contributed by atoms with van der Waals surface area (Å²) in [5.74, 6) is -2.13. The lowest BCUT2D eigenvalue weighted by Crippen LogP contribution is -2.28. The van der Waals surface area contributed by atoms with E-state index >= 15 is 0 Å². The van der Waals surface area contributed by atoms with E-state index in [9.17, 15) is 23.1 Å². The number of nitrogens with zero attached hydrogens (tertiary/aromatic N) is 4. The van der Waals surface area contributed by atoms with Crippen LogP contribution in [0.2, 0.25) is 0 Å². The minimum absolute atomic E-state index is 0.0218. The zero-order valence-corrected chi connectivity index (χ0v) is 13.9. The topological polar surface area (TPSA) is 106 Å². The predicted molar refractivity (Wildman–Crippen MR) is 85.2 cm³/mol. The summed E-state index contributed by atoms with van der Waals surface area (Å²) in [7, 11) is 1.71. The van der Waals surface area contributed by atoms with Gasteiger partial charge in [-0.3, -0.25) is 9.48 Å². The van der Waals surface area contributed by atoms with Crippen molar-refractivity contribution in [3.05, 3.63) is 53.7 Å². The zero-order chi connectivity index (χ0) is 19.6. The maximum Gasteiger partial charge on any atom is 0.471 e. The molecular formula is C16H14F3N5O3. The highest BCUT2D eigenvalue weighted by Crippen LogP contribution is 2.29. The van der Waals surface area contributed by atoms with Crippen LogP contribution in [-0.2, 0) is 13.2 Å². The number of aryl methyl sites for hydroxylation is 1. The summed E-state index contributed by atoms with van der Waals surface area (Å²) in [6.45, 7) is -0.0218. The maximum absolute atomic E-state index is 12.5. The third kappa shape index (κ3) is 4.31. The molecule has 2 aromatic heterocycles. The van der Waals surface area contributed by atoms with Crippen molar-refractivity contribution in [2.24, 2.45) is 7.05 Å². The van der Waals surface area contributed by atoms with Gasteiger partial charge in [0.25, 0.3) is 5.91 Å². The molecule has 0 spiro atoms. The zero-order valence-electron chi connectivity index (χ0n) is 13.9. The van der Waals surface area contributed by atoms with Gasteiger partial charge in [0, 0.05) is 36.5 Å². The number of halogens is 3. The van der Waals surface area contributed by atoms with Crippen LogP contribution in [0.3, 0.4) is 0 Å². The Morgan fingerprint density at radius 1 is 1.33 bits per heavy atom. The van der Waals surface area contributed by atoms with Crippen LogP contribution < -0.4 is 5.32 Å². The molecule has 0 aliphatic carbocycles. The Hall–Kier alpha value is -3.21. The number of benzene rings is 1. The summed E-state index contributed by atoms with van der Waals surface area (Å²) in [4.78, 5) is 15.4. The van der Waals surface area contributed by atoms with Gasteiger partial charge in [-0.15, -0.1) is 0 Å². The number of amides is 1. The van der Waals surface area contributed by atoms with E-state index in [4.69, 9.17) is 0 Å². The number of aliphatic hydroxyl groups excluding tert-OH is 1. The standard InChI is InChI=1S/C16H14F3N5O3/c1-24-8-11(6-21-24)12(25)7-20-14(26)10-4-2-9(3-5-10)13-22-15(27-23-13)16(17,18)19/h2-6,8,12,25H,7H2,1H3,(H,20,26)/t12-/m1/s1. The van der Waals surface area contributed by atoms with E-state index in [1.165, 1.54) is 35.1 Å². The molecular weight excluding hydrogens is 367 g/mol. The highest BCUT2D eigenvalue weighted by molar-refractivity contribution is 5.94. The molecule has 1 aromatic carbocycles. The summed E-state index contributed by atoms with van der Waals surface area (Å²) in [5, 5.41) is 19.8. The van der Waals surface area contributed by atoms with Crippen LogP contribution in [0, 0.1) is 0 Å².